The standard InChI is InChI=1S/C15H21NO3/c1-3-18-15(17)10(2)19-12-8-7-11-5-4-6-14(16)13(11)9-12/h7-10,14H,3-6,16H2,1-2H3. The first-order valence-electron chi connectivity index (χ1n) is 6.83. The molecule has 2 rings (SSSR count). The van der Waals surface area contributed by atoms with E-state index in [2.05, 4.69) is 0 Å². The largest absolute Gasteiger partial charge is 0.479 e. The maximum absolute atomic E-state index is 11.5. The molecular weight excluding hydrogens is 242 g/mol. The molecule has 4 nitrogen and oxygen atoms in total. The number of hydrogen-bond acceptors (Lipinski definition) is 4. The molecule has 0 bridgehead atoms. The van der Waals surface area contributed by atoms with Gasteiger partial charge in [0.2, 0.25) is 0 Å². The van der Waals surface area contributed by atoms with Gasteiger partial charge in [0, 0.05) is 6.04 Å². The van der Waals surface area contributed by atoms with Gasteiger partial charge >= 0.3 is 5.97 Å². The van der Waals surface area contributed by atoms with Gasteiger partial charge in [0.15, 0.2) is 6.10 Å². The number of aryl methyl sites for hydroxylation is 1. The van der Waals surface area contributed by atoms with Gasteiger partial charge in [-0.05, 0) is 56.4 Å². The molecule has 0 aliphatic heterocycles. The molecule has 2 unspecified atom stereocenters. The Hall–Kier alpha value is -1.55. The van der Waals surface area contributed by atoms with Crippen molar-refractivity contribution in [2.75, 3.05) is 6.61 Å². The molecule has 0 saturated heterocycles. The van der Waals surface area contributed by atoms with Crippen LogP contribution in [0.5, 0.6) is 5.75 Å². The van der Waals surface area contributed by atoms with Crippen LogP contribution in [0.15, 0.2) is 18.2 Å². The fraction of sp³-hybridized carbons (Fsp3) is 0.533. The van der Waals surface area contributed by atoms with Crippen molar-refractivity contribution in [1.29, 1.82) is 0 Å². The van der Waals surface area contributed by atoms with E-state index in [1.807, 2.05) is 18.2 Å². The van der Waals surface area contributed by atoms with Gasteiger partial charge in [-0.15, -0.1) is 0 Å². The number of ether oxygens (including phenoxy) is 2. The molecule has 1 aromatic carbocycles. The Morgan fingerprint density at radius 2 is 2.32 bits per heavy atom. The lowest BCUT2D eigenvalue weighted by molar-refractivity contribution is -0.150. The topological polar surface area (TPSA) is 61.5 Å². The number of rotatable bonds is 4. The summed E-state index contributed by atoms with van der Waals surface area (Å²) >= 11 is 0. The number of fused-ring (bicyclic) bond motifs is 1. The fourth-order valence-electron chi connectivity index (χ4n) is 2.40. The highest BCUT2D eigenvalue weighted by atomic mass is 16.6. The van der Waals surface area contributed by atoms with Crippen molar-refractivity contribution in [3.63, 3.8) is 0 Å². The van der Waals surface area contributed by atoms with E-state index in [1.54, 1.807) is 13.8 Å². The van der Waals surface area contributed by atoms with Crippen molar-refractivity contribution in [2.45, 2.75) is 45.3 Å². The SMILES string of the molecule is CCOC(=O)C(C)Oc1ccc2c(c1)C(N)CCC2. The number of nitrogens with two attached hydrogens (primary N) is 1. The van der Waals surface area contributed by atoms with Crippen molar-refractivity contribution in [3.05, 3.63) is 29.3 Å². The van der Waals surface area contributed by atoms with E-state index in [1.165, 1.54) is 5.56 Å². The molecule has 0 spiro atoms. The molecule has 0 saturated carbocycles. The molecule has 0 radical (unpaired) electrons. The van der Waals surface area contributed by atoms with Gasteiger partial charge in [-0.1, -0.05) is 6.07 Å². The van der Waals surface area contributed by atoms with E-state index in [0.29, 0.717) is 12.4 Å². The monoisotopic (exact) mass is 263 g/mol. The normalized spacial score (nSPS) is 19.4. The van der Waals surface area contributed by atoms with Crippen LogP contribution < -0.4 is 10.5 Å². The summed E-state index contributed by atoms with van der Waals surface area (Å²) < 4.78 is 10.5. The van der Waals surface area contributed by atoms with Gasteiger partial charge in [0.05, 0.1) is 6.61 Å². The van der Waals surface area contributed by atoms with E-state index in [0.717, 1.165) is 24.8 Å². The third kappa shape index (κ3) is 3.26. The summed E-state index contributed by atoms with van der Waals surface area (Å²) in [4.78, 5) is 11.5. The van der Waals surface area contributed by atoms with E-state index >= 15 is 0 Å². The lowest BCUT2D eigenvalue weighted by atomic mass is 9.88. The second-order valence-corrected chi connectivity index (χ2v) is 4.87. The van der Waals surface area contributed by atoms with Crippen molar-refractivity contribution in [1.82, 2.24) is 0 Å². The van der Waals surface area contributed by atoms with Crippen LogP contribution >= 0.6 is 0 Å². The molecule has 1 aromatic rings. The molecule has 0 aromatic heterocycles. The molecule has 104 valence electrons. The van der Waals surface area contributed by atoms with Gasteiger partial charge in [0.25, 0.3) is 0 Å². The van der Waals surface area contributed by atoms with Gasteiger partial charge in [-0.2, -0.15) is 0 Å². The van der Waals surface area contributed by atoms with Crippen LogP contribution in [0.2, 0.25) is 0 Å². The first-order chi connectivity index (χ1) is 9.11. The minimum absolute atomic E-state index is 0.0743. The number of hydrogen-bond donors (Lipinski definition) is 1. The van der Waals surface area contributed by atoms with E-state index in [-0.39, 0.29) is 12.0 Å². The van der Waals surface area contributed by atoms with E-state index in [4.69, 9.17) is 15.2 Å². The average molecular weight is 263 g/mol. The average Bonchev–Trinajstić information content (AvgIpc) is 2.40. The summed E-state index contributed by atoms with van der Waals surface area (Å²) in [5.74, 6) is 0.334. The lowest BCUT2D eigenvalue weighted by Gasteiger charge is -2.23. The molecule has 0 heterocycles. The number of esters is 1. The molecule has 4 heteroatoms. The maximum Gasteiger partial charge on any atom is 0.347 e. The second kappa shape index (κ2) is 6.06. The third-order valence-electron chi connectivity index (χ3n) is 3.41. The van der Waals surface area contributed by atoms with Crippen LogP contribution in [0.25, 0.3) is 0 Å². The number of benzene rings is 1. The van der Waals surface area contributed by atoms with Crippen LogP contribution in [0.3, 0.4) is 0 Å². The molecule has 1 aliphatic carbocycles. The molecule has 0 fully saturated rings. The molecule has 1 aliphatic rings. The molecule has 2 atom stereocenters. The van der Waals surface area contributed by atoms with Crippen LogP contribution in [0.4, 0.5) is 0 Å². The summed E-state index contributed by atoms with van der Waals surface area (Å²) in [6.07, 6.45) is 2.60. The molecule has 0 amide bonds. The highest BCUT2D eigenvalue weighted by Gasteiger charge is 2.20. The zero-order valence-corrected chi connectivity index (χ0v) is 11.5. The van der Waals surface area contributed by atoms with Crippen molar-refractivity contribution < 1.29 is 14.3 Å². The first-order valence-corrected chi connectivity index (χ1v) is 6.83. The first kappa shape index (κ1) is 13.9. The van der Waals surface area contributed by atoms with Crippen LogP contribution in [-0.2, 0) is 16.0 Å². The fourth-order valence-corrected chi connectivity index (χ4v) is 2.40. The van der Waals surface area contributed by atoms with Gasteiger partial charge in [-0.3, -0.25) is 0 Å². The summed E-state index contributed by atoms with van der Waals surface area (Å²) in [6, 6.07) is 5.97. The van der Waals surface area contributed by atoms with Gasteiger partial charge in [-0.25, -0.2) is 4.79 Å². The van der Waals surface area contributed by atoms with Crippen molar-refractivity contribution in [3.8, 4) is 5.75 Å². The highest BCUT2D eigenvalue weighted by Crippen LogP contribution is 2.31. The maximum atomic E-state index is 11.5. The number of carbonyl (C=O) groups is 1. The summed E-state index contributed by atoms with van der Waals surface area (Å²) in [6.45, 7) is 3.83. The third-order valence-corrected chi connectivity index (χ3v) is 3.41. The number of carbonyl (C=O) groups excluding carboxylic acids is 1. The zero-order valence-electron chi connectivity index (χ0n) is 11.5. The predicted octanol–water partition coefficient (Wildman–Crippen LogP) is 2.35. The lowest BCUT2D eigenvalue weighted by Crippen LogP contribution is -2.26. The van der Waals surface area contributed by atoms with E-state index < -0.39 is 6.10 Å². The Morgan fingerprint density at radius 3 is 3.05 bits per heavy atom. The summed E-state index contributed by atoms with van der Waals surface area (Å²) in [7, 11) is 0. The Kier molecular flexibility index (Phi) is 4.43. The minimum Gasteiger partial charge on any atom is -0.479 e. The smallest absolute Gasteiger partial charge is 0.347 e. The van der Waals surface area contributed by atoms with Crippen LogP contribution in [-0.4, -0.2) is 18.7 Å². The van der Waals surface area contributed by atoms with Crippen molar-refractivity contribution in [2.24, 2.45) is 5.73 Å². The van der Waals surface area contributed by atoms with Crippen LogP contribution in [0, 0.1) is 0 Å². The Balaban J connectivity index is 2.09. The Morgan fingerprint density at radius 1 is 1.53 bits per heavy atom. The Labute approximate surface area is 113 Å². The quantitative estimate of drug-likeness (QED) is 0.847. The van der Waals surface area contributed by atoms with Crippen LogP contribution in [0.1, 0.15) is 43.9 Å². The predicted molar refractivity (Wildman–Crippen MR) is 73.0 cm³/mol. The molecular formula is C15H21NO3. The van der Waals surface area contributed by atoms with Gasteiger partial charge in [0.1, 0.15) is 5.75 Å². The van der Waals surface area contributed by atoms with Crippen molar-refractivity contribution >= 4 is 5.97 Å². The minimum atomic E-state index is -0.599. The van der Waals surface area contributed by atoms with E-state index in [9.17, 15) is 4.79 Å². The van der Waals surface area contributed by atoms with Gasteiger partial charge < -0.3 is 15.2 Å². The highest BCUT2D eigenvalue weighted by molar-refractivity contribution is 5.74. The Bertz CT molecular complexity index is 459. The second-order valence-electron chi connectivity index (χ2n) is 4.87. The summed E-state index contributed by atoms with van der Waals surface area (Å²) in [5, 5.41) is 0. The summed E-state index contributed by atoms with van der Waals surface area (Å²) in [5.41, 5.74) is 8.53. The molecule has 19 heavy (non-hydrogen) atoms. The molecule has 2 N–H and O–H groups in total. The zero-order chi connectivity index (χ0) is 13.8.